The molecule has 1 saturated heterocycles. The molecule has 0 spiro atoms. The minimum absolute atomic E-state index is 0.0250. The molecule has 3 rings (SSSR count). The Balaban J connectivity index is 1.58. The summed E-state index contributed by atoms with van der Waals surface area (Å²) in [6, 6.07) is 1.41. The highest BCUT2D eigenvalue weighted by Crippen LogP contribution is 2.18. The number of anilines is 2. The van der Waals surface area contributed by atoms with Gasteiger partial charge >= 0.3 is 0 Å². The van der Waals surface area contributed by atoms with Gasteiger partial charge in [-0.1, -0.05) is 23.3 Å². The molecular formula is C15H15ClN6O3. The van der Waals surface area contributed by atoms with Crippen LogP contribution in [0.1, 0.15) is 16.9 Å². The van der Waals surface area contributed by atoms with Gasteiger partial charge in [-0.15, -0.1) is 0 Å². The molecule has 1 fully saturated rings. The molecule has 0 unspecified atom stereocenters. The van der Waals surface area contributed by atoms with Crippen LogP contribution in [0, 0.1) is 0 Å². The first kappa shape index (κ1) is 16.9. The molecule has 130 valence electrons. The van der Waals surface area contributed by atoms with Crippen LogP contribution in [-0.4, -0.2) is 51.0 Å². The molecule has 0 bridgehead atoms. The average molecular weight is 363 g/mol. The van der Waals surface area contributed by atoms with Crippen LogP contribution in [0.4, 0.5) is 11.8 Å². The highest BCUT2D eigenvalue weighted by atomic mass is 35.5. The van der Waals surface area contributed by atoms with Crippen LogP contribution >= 0.6 is 11.6 Å². The molecule has 1 aliphatic rings. The van der Waals surface area contributed by atoms with E-state index < -0.39 is 5.91 Å². The van der Waals surface area contributed by atoms with E-state index in [0.29, 0.717) is 24.1 Å². The zero-order valence-corrected chi connectivity index (χ0v) is 13.9. The van der Waals surface area contributed by atoms with Gasteiger partial charge in [0, 0.05) is 25.2 Å². The van der Waals surface area contributed by atoms with Crippen molar-refractivity contribution in [2.24, 2.45) is 0 Å². The minimum atomic E-state index is -0.441. The maximum absolute atomic E-state index is 12.5. The summed E-state index contributed by atoms with van der Waals surface area (Å²) in [6.45, 7) is 4.37. The van der Waals surface area contributed by atoms with Gasteiger partial charge in [-0.05, 0) is 12.5 Å². The standard InChI is InChI=1S/C15H15ClN6O3/c1-2-12(23)20-13-5-11(21-25-13)14(24)22-4-3-10(8-22)19-15-17-6-9(16)7-18-15/h2,5-7,10H,1,3-4,8H2,(H,20,23)(H,17,18,19)/t10-/m1/s1. The fraction of sp³-hybridized carbons (Fsp3) is 0.267. The van der Waals surface area contributed by atoms with Crippen LogP contribution in [0.15, 0.2) is 35.6 Å². The zero-order chi connectivity index (χ0) is 17.8. The van der Waals surface area contributed by atoms with Gasteiger partial charge < -0.3 is 14.7 Å². The van der Waals surface area contributed by atoms with Crippen LogP contribution in [0.25, 0.3) is 0 Å². The monoisotopic (exact) mass is 362 g/mol. The Morgan fingerprint density at radius 2 is 2.16 bits per heavy atom. The van der Waals surface area contributed by atoms with Crippen LogP contribution in [0.5, 0.6) is 0 Å². The van der Waals surface area contributed by atoms with Crippen molar-refractivity contribution in [3.63, 3.8) is 0 Å². The summed E-state index contributed by atoms with van der Waals surface area (Å²) in [6.07, 6.45) is 4.85. The summed E-state index contributed by atoms with van der Waals surface area (Å²) in [5.41, 5.74) is 0.128. The van der Waals surface area contributed by atoms with Crippen molar-refractivity contribution in [3.05, 3.63) is 41.8 Å². The van der Waals surface area contributed by atoms with Crippen molar-refractivity contribution in [1.82, 2.24) is 20.0 Å². The van der Waals surface area contributed by atoms with Gasteiger partial charge in [-0.2, -0.15) is 0 Å². The molecule has 0 radical (unpaired) electrons. The smallest absolute Gasteiger partial charge is 0.276 e. The average Bonchev–Trinajstić information content (AvgIpc) is 3.26. The molecule has 2 N–H and O–H groups in total. The number of nitrogens with zero attached hydrogens (tertiary/aromatic N) is 4. The van der Waals surface area contributed by atoms with Gasteiger partial charge in [-0.3, -0.25) is 14.9 Å². The fourth-order valence-corrected chi connectivity index (χ4v) is 2.50. The highest BCUT2D eigenvalue weighted by Gasteiger charge is 2.29. The van der Waals surface area contributed by atoms with E-state index in [1.54, 1.807) is 4.90 Å². The number of hydrogen-bond donors (Lipinski definition) is 2. The molecule has 2 aromatic heterocycles. The van der Waals surface area contributed by atoms with Crippen LogP contribution in [0.3, 0.4) is 0 Å². The van der Waals surface area contributed by atoms with Crippen molar-refractivity contribution in [2.45, 2.75) is 12.5 Å². The van der Waals surface area contributed by atoms with Gasteiger partial charge in [0.25, 0.3) is 5.91 Å². The van der Waals surface area contributed by atoms with E-state index in [4.69, 9.17) is 16.1 Å². The number of carbonyl (C=O) groups is 2. The highest BCUT2D eigenvalue weighted by molar-refractivity contribution is 6.30. The molecule has 1 atom stereocenters. The summed E-state index contributed by atoms with van der Waals surface area (Å²) in [7, 11) is 0. The summed E-state index contributed by atoms with van der Waals surface area (Å²) in [5, 5.41) is 9.71. The second kappa shape index (κ2) is 7.31. The molecule has 0 aromatic carbocycles. The number of amides is 2. The normalized spacial score (nSPS) is 16.5. The van der Waals surface area contributed by atoms with Crippen molar-refractivity contribution < 1.29 is 14.1 Å². The number of nitrogens with one attached hydrogen (secondary N) is 2. The summed E-state index contributed by atoms with van der Waals surface area (Å²) >= 11 is 5.75. The second-order valence-electron chi connectivity index (χ2n) is 5.38. The molecule has 2 aromatic rings. The first-order valence-corrected chi connectivity index (χ1v) is 7.86. The molecular weight excluding hydrogens is 348 g/mol. The third-order valence-corrected chi connectivity index (χ3v) is 3.79. The fourth-order valence-electron chi connectivity index (χ4n) is 2.40. The molecule has 3 heterocycles. The van der Waals surface area contributed by atoms with E-state index >= 15 is 0 Å². The third kappa shape index (κ3) is 4.13. The van der Waals surface area contributed by atoms with Gasteiger partial charge in [0.05, 0.1) is 17.4 Å². The summed E-state index contributed by atoms with van der Waals surface area (Å²) in [5.74, 6) is -0.163. The van der Waals surface area contributed by atoms with E-state index in [1.165, 1.54) is 18.5 Å². The molecule has 10 heteroatoms. The Labute approximate surface area is 148 Å². The zero-order valence-electron chi connectivity index (χ0n) is 13.1. The van der Waals surface area contributed by atoms with Crippen molar-refractivity contribution >= 4 is 35.2 Å². The Morgan fingerprint density at radius 1 is 1.40 bits per heavy atom. The van der Waals surface area contributed by atoms with Crippen LogP contribution in [0.2, 0.25) is 5.02 Å². The lowest BCUT2D eigenvalue weighted by Gasteiger charge is -2.15. The Bertz CT molecular complexity index is 791. The van der Waals surface area contributed by atoms with Crippen molar-refractivity contribution in [2.75, 3.05) is 23.7 Å². The lowest BCUT2D eigenvalue weighted by Crippen LogP contribution is -2.32. The van der Waals surface area contributed by atoms with Gasteiger partial charge in [-0.25, -0.2) is 9.97 Å². The van der Waals surface area contributed by atoms with Crippen LogP contribution < -0.4 is 10.6 Å². The number of halogens is 1. The second-order valence-corrected chi connectivity index (χ2v) is 5.81. The molecule has 1 aliphatic heterocycles. The maximum Gasteiger partial charge on any atom is 0.276 e. The Hall–Kier alpha value is -2.94. The molecule has 0 aliphatic carbocycles. The number of likely N-dealkylation sites (tertiary alicyclic amines) is 1. The summed E-state index contributed by atoms with van der Waals surface area (Å²) in [4.78, 5) is 33.5. The van der Waals surface area contributed by atoms with E-state index in [9.17, 15) is 9.59 Å². The number of rotatable bonds is 5. The van der Waals surface area contributed by atoms with Gasteiger partial charge in [0.15, 0.2) is 5.69 Å². The van der Waals surface area contributed by atoms with Gasteiger partial charge in [0.2, 0.25) is 17.7 Å². The molecule has 2 amide bonds. The molecule has 25 heavy (non-hydrogen) atoms. The largest absolute Gasteiger partial charge is 0.350 e. The molecule has 0 saturated carbocycles. The predicted octanol–water partition coefficient (Wildman–Crippen LogP) is 1.57. The lowest BCUT2D eigenvalue weighted by atomic mass is 10.3. The minimum Gasteiger partial charge on any atom is -0.350 e. The van der Waals surface area contributed by atoms with E-state index in [2.05, 4.69) is 32.3 Å². The van der Waals surface area contributed by atoms with E-state index in [-0.39, 0.29) is 23.5 Å². The van der Waals surface area contributed by atoms with E-state index in [1.807, 2.05) is 0 Å². The van der Waals surface area contributed by atoms with E-state index in [0.717, 1.165) is 12.5 Å². The number of hydrogen-bond acceptors (Lipinski definition) is 7. The SMILES string of the molecule is C=CC(=O)Nc1cc(C(=O)N2CC[C@@H](Nc3ncc(Cl)cn3)C2)no1. The Morgan fingerprint density at radius 3 is 2.88 bits per heavy atom. The first-order chi connectivity index (χ1) is 12.0. The number of carbonyl (C=O) groups excluding carboxylic acids is 2. The van der Waals surface area contributed by atoms with Crippen molar-refractivity contribution in [1.29, 1.82) is 0 Å². The predicted molar refractivity (Wildman–Crippen MR) is 90.3 cm³/mol. The van der Waals surface area contributed by atoms with Gasteiger partial charge in [0.1, 0.15) is 0 Å². The lowest BCUT2D eigenvalue weighted by molar-refractivity contribution is -0.112. The quantitative estimate of drug-likeness (QED) is 0.776. The summed E-state index contributed by atoms with van der Waals surface area (Å²) < 4.78 is 4.93. The Kier molecular flexibility index (Phi) is 4.94. The van der Waals surface area contributed by atoms with Crippen molar-refractivity contribution in [3.8, 4) is 0 Å². The van der Waals surface area contributed by atoms with Crippen LogP contribution in [-0.2, 0) is 4.79 Å². The number of aromatic nitrogens is 3. The molecule has 9 nitrogen and oxygen atoms in total. The topological polar surface area (TPSA) is 113 Å². The third-order valence-electron chi connectivity index (χ3n) is 3.59. The first-order valence-electron chi connectivity index (χ1n) is 7.48. The maximum atomic E-state index is 12.5.